The van der Waals surface area contributed by atoms with Gasteiger partial charge in [-0.15, -0.1) is 11.3 Å². The second-order valence-electron chi connectivity index (χ2n) is 7.83. The minimum atomic E-state index is -4.83. The van der Waals surface area contributed by atoms with Crippen molar-refractivity contribution in [2.45, 2.75) is 39.3 Å². The van der Waals surface area contributed by atoms with Crippen LogP contribution in [-0.2, 0) is 30.2 Å². The van der Waals surface area contributed by atoms with Gasteiger partial charge in [0.25, 0.3) is 5.91 Å². The van der Waals surface area contributed by atoms with E-state index in [2.05, 4.69) is 20.5 Å². The number of nitrogens with one attached hydrogen (secondary N) is 1. The van der Waals surface area contributed by atoms with Crippen LogP contribution in [0.2, 0.25) is 0 Å². The van der Waals surface area contributed by atoms with E-state index in [4.69, 9.17) is 5.73 Å². The van der Waals surface area contributed by atoms with E-state index in [1.807, 2.05) is 0 Å². The van der Waals surface area contributed by atoms with Gasteiger partial charge < -0.3 is 11.1 Å². The molecule has 4 rings (SSSR count). The number of anilines is 1. The van der Waals surface area contributed by atoms with Crippen molar-refractivity contribution in [2.75, 3.05) is 5.32 Å². The van der Waals surface area contributed by atoms with Crippen molar-refractivity contribution in [1.82, 2.24) is 24.5 Å². The zero-order valence-electron chi connectivity index (χ0n) is 19.0. The number of rotatable bonds is 6. The highest BCUT2D eigenvalue weighted by Crippen LogP contribution is 2.44. The topological polar surface area (TPSA) is 121 Å². The maximum atomic E-state index is 13.7. The van der Waals surface area contributed by atoms with E-state index in [-0.39, 0.29) is 26.3 Å². The zero-order valence-corrected chi connectivity index (χ0v) is 19.8. The van der Waals surface area contributed by atoms with Gasteiger partial charge in [0.2, 0.25) is 5.91 Å². The lowest BCUT2D eigenvalue weighted by Gasteiger charge is -2.12. The van der Waals surface area contributed by atoms with Crippen LogP contribution in [0.3, 0.4) is 0 Å². The molecule has 0 fully saturated rings. The number of thiophene rings is 1. The lowest BCUT2D eigenvalue weighted by molar-refractivity contribution is -0.142. The molecule has 196 valence electrons. The molecule has 0 aliphatic carbocycles. The average Bonchev–Trinajstić information content (AvgIpc) is 3.49. The van der Waals surface area contributed by atoms with Crippen molar-refractivity contribution in [3.8, 4) is 11.1 Å². The van der Waals surface area contributed by atoms with Crippen molar-refractivity contribution in [1.29, 1.82) is 0 Å². The summed E-state index contributed by atoms with van der Waals surface area (Å²) in [5, 5.41) is 9.95. The van der Waals surface area contributed by atoms with Crippen LogP contribution in [0.4, 0.5) is 32.0 Å². The number of nitrogens with two attached hydrogens (primary N) is 1. The van der Waals surface area contributed by atoms with Gasteiger partial charge in [-0.1, -0.05) is 0 Å². The summed E-state index contributed by atoms with van der Waals surface area (Å²) < 4.78 is 81.7. The lowest BCUT2D eigenvalue weighted by Crippen LogP contribution is -2.21. The summed E-state index contributed by atoms with van der Waals surface area (Å²) in [6.45, 7) is 3.10. The minimum absolute atomic E-state index is 0.00739. The number of fused-ring (bicyclic) bond motifs is 1. The normalized spacial score (nSPS) is 12.3. The van der Waals surface area contributed by atoms with Gasteiger partial charge in [-0.25, -0.2) is 4.98 Å². The predicted octanol–water partition coefficient (Wildman–Crippen LogP) is 4.46. The first-order valence-electron chi connectivity index (χ1n) is 10.5. The van der Waals surface area contributed by atoms with Crippen molar-refractivity contribution < 1.29 is 35.9 Å². The third-order valence-electron chi connectivity index (χ3n) is 5.24. The van der Waals surface area contributed by atoms with Crippen LogP contribution in [0.1, 0.15) is 33.7 Å². The molecule has 4 aromatic rings. The highest BCUT2D eigenvalue weighted by atomic mass is 32.1. The van der Waals surface area contributed by atoms with E-state index < -0.39 is 42.1 Å². The summed E-state index contributed by atoms with van der Waals surface area (Å²) in [6, 6.07) is 1.46. The Morgan fingerprint density at radius 1 is 1.05 bits per heavy atom. The molecule has 0 aliphatic rings. The van der Waals surface area contributed by atoms with Crippen LogP contribution in [0, 0.1) is 6.92 Å². The van der Waals surface area contributed by atoms with Crippen LogP contribution in [0.5, 0.6) is 0 Å². The second-order valence-corrected chi connectivity index (χ2v) is 8.83. The molecule has 0 radical (unpaired) electrons. The molecule has 4 heterocycles. The Kier molecular flexibility index (Phi) is 6.47. The maximum Gasteiger partial charge on any atom is 0.435 e. The first kappa shape index (κ1) is 26.1. The second kappa shape index (κ2) is 9.17. The van der Waals surface area contributed by atoms with Crippen molar-refractivity contribution in [3.63, 3.8) is 0 Å². The SMILES string of the molecule is CCn1cc(-c2cc(C(F)(F)F)nc3sc(C(N)=O)c(NC(=O)Cn4ccc(C(F)(F)F)n4)c23)c(C)n1. The number of pyridine rings is 1. The summed E-state index contributed by atoms with van der Waals surface area (Å²) in [5.74, 6) is -1.94. The van der Waals surface area contributed by atoms with Crippen LogP contribution in [0.15, 0.2) is 24.5 Å². The molecule has 0 atom stereocenters. The summed E-state index contributed by atoms with van der Waals surface area (Å²) >= 11 is 0.547. The van der Waals surface area contributed by atoms with E-state index in [0.29, 0.717) is 35.2 Å². The van der Waals surface area contributed by atoms with Gasteiger partial charge in [0.05, 0.1) is 11.4 Å². The third-order valence-corrected chi connectivity index (χ3v) is 6.34. The van der Waals surface area contributed by atoms with Gasteiger partial charge in [0, 0.05) is 29.9 Å². The predicted molar refractivity (Wildman–Crippen MR) is 121 cm³/mol. The molecule has 9 nitrogen and oxygen atoms in total. The van der Waals surface area contributed by atoms with Gasteiger partial charge in [-0.3, -0.25) is 19.0 Å². The first-order valence-corrected chi connectivity index (χ1v) is 11.3. The van der Waals surface area contributed by atoms with Crippen LogP contribution in [-0.4, -0.2) is 36.4 Å². The standard InChI is InChI=1S/C21H17F6N7O2S/c1-3-33-7-11(9(2)31-33)10-6-13(21(25,26)27)29-19-15(10)16(17(37-19)18(28)36)30-14(35)8-34-5-4-12(32-34)20(22,23)24/h4-7H,3,8H2,1-2H3,(H2,28,36)(H,30,35). The highest BCUT2D eigenvalue weighted by Gasteiger charge is 2.36. The third kappa shape index (κ3) is 5.14. The molecule has 16 heteroatoms. The fourth-order valence-electron chi connectivity index (χ4n) is 3.62. The molecule has 0 saturated carbocycles. The molecule has 2 amide bonds. The Balaban J connectivity index is 1.86. The van der Waals surface area contributed by atoms with Crippen LogP contribution < -0.4 is 11.1 Å². The number of hydrogen-bond donors (Lipinski definition) is 2. The molecule has 0 unspecified atom stereocenters. The van der Waals surface area contributed by atoms with Crippen LogP contribution >= 0.6 is 11.3 Å². The van der Waals surface area contributed by atoms with Gasteiger partial charge in [-0.05, 0) is 31.5 Å². The Hall–Kier alpha value is -3.95. The monoisotopic (exact) mass is 545 g/mol. The summed E-state index contributed by atoms with van der Waals surface area (Å²) in [4.78, 5) is 28.0. The molecular formula is C21H17F6N7O2S. The van der Waals surface area contributed by atoms with Crippen molar-refractivity contribution in [2.24, 2.45) is 5.73 Å². The molecule has 4 aromatic heterocycles. The number of amides is 2. The number of hydrogen-bond acceptors (Lipinski definition) is 6. The average molecular weight is 545 g/mol. The van der Waals surface area contributed by atoms with Gasteiger partial charge in [-0.2, -0.15) is 36.5 Å². The number of alkyl halides is 6. The van der Waals surface area contributed by atoms with Gasteiger partial charge in [0.1, 0.15) is 21.9 Å². The Bertz CT molecular complexity index is 1520. The molecular weight excluding hydrogens is 528 g/mol. The maximum absolute atomic E-state index is 13.7. The lowest BCUT2D eigenvalue weighted by atomic mass is 10.0. The molecule has 0 bridgehead atoms. The summed E-state index contributed by atoms with van der Waals surface area (Å²) in [7, 11) is 0. The molecule has 0 aliphatic heterocycles. The highest BCUT2D eigenvalue weighted by molar-refractivity contribution is 7.21. The Labute approximate surface area is 207 Å². The molecule has 0 saturated heterocycles. The number of halogens is 6. The first-order chi connectivity index (χ1) is 17.2. The Morgan fingerprint density at radius 2 is 1.73 bits per heavy atom. The van der Waals surface area contributed by atoms with Gasteiger partial charge >= 0.3 is 12.4 Å². The van der Waals surface area contributed by atoms with Crippen molar-refractivity contribution >= 4 is 39.1 Å². The van der Waals surface area contributed by atoms with Crippen LogP contribution in [0.25, 0.3) is 21.3 Å². The minimum Gasteiger partial charge on any atom is -0.365 e. The largest absolute Gasteiger partial charge is 0.435 e. The summed E-state index contributed by atoms with van der Waals surface area (Å²) in [6.07, 6.45) is -7.09. The molecule has 3 N–H and O–H groups in total. The van der Waals surface area contributed by atoms with Crippen molar-refractivity contribution in [3.05, 3.63) is 46.5 Å². The molecule has 0 aromatic carbocycles. The van der Waals surface area contributed by atoms with Gasteiger partial charge in [0.15, 0.2) is 5.69 Å². The fourth-order valence-corrected chi connectivity index (χ4v) is 4.63. The zero-order chi connectivity index (χ0) is 27.3. The van der Waals surface area contributed by atoms with E-state index in [1.54, 1.807) is 13.8 Å². The molecule has 0 spiro atoms. The van der Waals surface area contributed by atoms with E-state index in [0.717, 1.165) is 16.9 Å². The number of nitrogens with zero attached hydrogens (tertiary/aromatic N) is 5. The van der Waals surface area contributed by atoms with E-state index >= 15 is 0 Å². The van der Waals surface area contributed by atoms with E-state index in [9.17, 15) is 35.9 Å². The number of carbonyl (C=O) groups is 2. The smallest absolute Gasteiger partial charge is 0.365 e. The molecule has 37 heavy (non-hydrogen) atoms. The number of aryl methyl sites for hydroxylation is 2. The van der Waals surface area contributed by atoms with E-state index in [1.165, 1.54) is 10.9 Å². The Morgan fingerprint density at radius 3 is 2.27 bits per heavy atom. The fraction of sp³-hybridized carbons (Fsp3) is 0.286. The number of primary amides is 1. The quantitative estimate of drug-likeness (QED) is 0.347. The number of carbonyl (C=O) groups excluding carboxylic acids is 2. The number of aromatic nitrogens is 5. The summed E-state index contributed by atoms with van der Waals surface area (Å²) in [5.41, 5.74) is 3.45.